The maximum atomic E-state index is 13.0. The number of rotatable bonds is 9. The van der Waals surface area contributed by atoms with Gasteiger partial charge in [-0.25, -0.2) is 4.98 Å². The number of aromatic nitrogens is 2. The fourth-order valence-electron chi connectivity index (χ4n) is 3.24. The van der Waals surface area contributed by atoms with Gasteiger partial charge in [-0.05, 0) is 57.8 Å². The quantitative estimate of drug-likeness (QED) is 0.503. The van der Waals surface area contributed by atoms with E-state index in [1.165, 1.54) is 11.8 Å². The number of amides is 1. The highest BCUT2D eigenvalue weighted by Gasteiger charge is 2.19. The molecule has 3 aromatic rings. The lowest BCUT2D eigenvalue weighted by Crippen LogP contribution is -2.34. The van der Waals surface area contributed by atoms with Crippen LogP contribution in [0, 0.1) is 13.8 Å². The number of benzene rings is 1. The van der Waals surface area contributed by atoms with Gasteiger partial charge in [0, 0.05) is 24.1 Å². The summed E-state index contributed by atoms with van der Waals surface area (Å²) >= 11 is 1.51. The summed E-state index contributed by atoms with van der Waals surface area (Å²) in [7, 11) is 5.64. The van der Waals surface area contributed by atoms with E-state index in [0.29, 0.717) is 22.9 Å². The molecule has 0 aliphatic heterocycles. The number of nitrogens with zero attached hydrogens (tertiary/aromatic N) is 3. The van der Waals surface area contributed by atoms with Crippen LogP contribution < -0.4 is 10.1 Å². The Morgan fingerprint density at radius 2 is 1.97 bits per heavy atom. The molecule has 2 aromatic heterocycles. The van der Waals surface area contributed by atoms with Gasteiger partial charge in [0.25, 0.3) is 5.91 Å². The summed E-state index contributed by atoms with van der Waals surface area (Å²) in [4.78, 5) is 19.5. The Balaban J connectivity index is 1.69. The number of carbonyl (C=O) groups is 1. The van der Waals surface area contributed by atoms with E-state index in [0.717, 1.165) is 28.3 Å². The average Bonchev–Trinajstić information content (AvgIpc) is 3.10. The predicted molar refractivity (Wildman–Crippen MR) is 122 cm³/mol. The summed E-state index contributed by atoms with van der Waals surface area (Å²) in [5.74, 6) is 2.10. The first-order chi connectivity index (χ1) is 14.9. The highest BCUT2D eigenvalue weighted by atomic mass is 32.2. The molecule has 0 spiro atoms. The van der Waals surface area contributed by atoms with Gasteiger partial charge in [0.05, 0.1) is 24.4 Å². The first-order valence-corrected chi connectivity index (χ1v) is 11.0. The Morgan fingerprint density at radius 1 is 1.23 bits per heavy atom. The van der Waals surface area contributed by atoms with Crippen LogP contribution in [-0.4, -0.2) is 48.7 Å². The van der Waals surface area contributed by atoms with Crippen molar-refractivity contribution in [1.29, 1.82) is 0 Å². The number of nitrogens with one attached hydrogen (secondary N) is 1. The topological polar surface area (TPSA) is 80.5 Å². The molecule has 1 atom stereocenters. The fourth-order valence-corrected chi connectivity index (χ4v) is 4.38. The number of methoxy groups -OCH3 is 1. The van der Waals surface area contributed by atoms with Crippen molar-refractivity contribution in [3.8, 4) is 5.75 Å². The van der Waals surface area contributed by atoms with Crippen molar-refractivity contribution in [3.63, 3.8) is 0 Å². The highest BCUT2D eigenvalue weighted by molar-refractivity contribution is 7.98. The van der Waals surface area contributed by atoms with Crippen LogP contribution in [0.5, 0.6) is 5.75 Å². The van der Waals surface area contributed by atoms with Crippen LogP contribution in [0.4, 0.5) is 0 Å². The smallest absolute Gasteiger partial charge is 0.254 e. The molecule has 0 saturated carbocycles. The molecule has 7 nitrogen and oxygen atoms in total. The fraction of sp³-hybridized carbons (Fsp3) is 0.348. The second-order valence-corrected chi connectivity index (χ2v) is 8.37. The van der Waals surface area contributed by atoms with Gasteiger partial charge in [-0.15, -0.1) is 11.8 Å². The summed E-state index contributed by atoms with van der Waals surface area (Å²) in [5.41, 5.74) is 3.56. The molecule has 1 unspecified atom stereocenters. The van der Waals surface area contributed by atoms with E-state index in [2.05, 4.69) is 20.4 Å². The van der Waals surface area contributed by atoms with Crippen molar-refractivity contribution in [2.45, 2.75) is 30.7 Å². The van der Waals surface area contributed by atoms with E-state index in [9.17, 15) is 4.79 Å². The monoisotopic (exact) mass is 440 g/mol. The maximum absolute atomic E-state index is 13.0. The van der Waals surface area contributed by atoms with Crippen LogP contribution >= 0.6 is 11.8 Å². The number of ether oxygens (including phenoxy) is 1. The maximum Gasteiger partial charge on any atom is 0.254 e. The van der Waals surface area contributed by atoms with E-state index in [4.69, 9.17) is 9.26 Å². The van der Waals surface area contributed by atoms with Crippen molar-refractivity contribution in [2.75, 3.05) is 27.7 Å². The second kappa shape index (κ2) is 10.5. The molecule has 1 aromatic carbocycles. The van der Waals surface area contributed by atoms with E-state index in [1.54, 1.807) is 25.4 Å². The third-order valence-corrected chi connectivity index (χ3v) is 6.16. The van der Waals surface area contributed by atoms with Crippen molar-refractivity contribution in [3.05, 3.63) is 70.7 Å². The van der Waals surface area contributed by atoms with Crippen LogP contribution in [0.15, 0.2) is 52.1 Å². The summed E-state index contributed by atoms with van der Waals surface area (Å²) in [6.45, 7) is 4.28. The van der Waals surface area contributed by atoms with Crippen LogP contribution in [0.25, 0.3) is 0 Å². The molecule has 31 heavy (non-hydrogen) atoms. The average molecular weight is 441 g/mol. The second-order valence-electron chi connectivity index (χ2n) is 7.41. The zero-order valence-electron chi connectivity index (χ0n) is 18.5. The SMILES string of the molecule is COc1ccc(C(CNC(=O)c2cccnc2SCc2c(C)noc2C)N(C)C)cc1. The standard InChI is InChI=1S/C23H28N4O3S/c1-15-20(16(2)30-26-15)14-31-23-19(7-6-12-24-23)22(28)25-13-21(27(3)4)17-8-10-18(29-5)11-9-17/h6-12,21H,13-14H2,1-5H3,(H,25,28). The summed E-state index contributed by atoms with van der Waals surface area (Å²) < 4.78 is 10.5. The number of carbonyl (C=O) groups excluding carboxylic acids is 1. The van der Waals surface area contributed by atoms with Gasteiger partial charge in [-0.1, -0.05) is 17.3 Å². The highest BCUT2D eigenvalue weighted by Crippen LogP contribution is 2.27. The van der Waals surface area contributed by atoms with Gasteiger partial charge in [0.2, 0.25) is 0 Å². The number of likely N-dealkylation sites (N-methyl/N-ethyl adjacent to an activating group) is 1. The van der Waals surface area contributed by atoms with Gasteiger partial charge in [0.15, 0.2) is 0 Å². The molecule has 1 amide bonds. The minimum Gasteiger partial charge on any atom is -0.497 e. The molecule has 0 aliphatic carbocycles. The lowest BCUT2D eigenvalue weighted by molar-refractivity contribution is 0.0938. The number of hydrogen-bond donors (Lipinski definition) is 1. The van der Waals surface area contributed by atoms with E-state index < -0.39 is 0 Å². The molecule has 164 valence electrons. The van der Waals surface area contributed by atoms with Crippen LogP contribution in [0.1, 0.15) is 39.0 Å². The van der Waals surface area contributed by atoms with Crippen molar-refractivity contribution in [2.24, 2.45) is 0 Å². The van der Waals surface area contributed by atoms with Gasteiger partial charge < -0.3 is 19.5 Å². The Morgan fingerprint density at radius 3 is 2.58 bits per heavy atom. The lowest BCUT2D eigenvalue weighted by Gasteiger charge is -2.25. The first kappa shape index (κ1) is 22.8. The van der Waals surface area contributed by atoms with Crippen molar-refractivity contribution >= 4 is 17.7 Å². The van der Waals surface area contributed by atoms with Gasteiger partial charge in [-0.3, -0.25) is 4.79 Å². The Hall–Kier alpha value is -2.84. The number of pyridine rings is 1. The van der Waals surface area contributed by atoms with E-state index in [-0.39, 0.29) is 11.9 Å². The Labute approximate surface area is 187 Å². The molecular formula is C23H28N4O3S. The predicted octanol–water partition coefficient (Wildman–Crippen LogP) is 4.02. The Kier molecular flexibility index (Phi) is 7.70. The summed E-state index contributed by atoms with van der Waals surface area (Å²) in [6, 6.07) is 11.5. The largest absolute Gasteiger partial charge is 0.497 e. The van der Waals surface area contributed by atoms with Crippen LogP contribution in [0.3, 0.4) is 0 Å². The van der Waals surface area contributed by atoms with Crippen molar-refractivity contribution in [1.82, 2.24) is 20.4 Å². The van der Waals surface area contributed by atoms with Crippen molar-refractivity contribution < 1.29 is 14.1 Å². The zero-order valence-corrected chi connectivity index (χ0v) is 19.3. The molecule has 0 fully saturated rings. The van der Waals surface area contributed by atoms with Gasteiger partial charge >= 0.3 is 0 Å². The molecule has 0 radical (unpaired) electrons. The van der Waals surface area contributed by atoms with E-state index >= 15 is 0 Å². The first-order valence-electron chi connectivity index (χ1n) is 9.98. The lowest BCUT2D eigenvalue weighted by atomic mass is 10.1. The minimum atomic E-state index is -0.144. The summed E-state index contributed by atoms with van der Waals surface area (Å²) in [5, 5.41) is 7.74. The van der Waals surface area contributed by atoms with Crippen LogP contribution in [-0.2, 0) is 5.75 Å². The normalized spacial score (nSPS) is 12.1. The summed E-state index contributed by atoms with van der Waals surface area (Å²) in [6.07, 6.45) is 1.70. The zero-order chi connectivity index (χ0) is 22.4. The number of hydrogen-bond acceptors (Lipinski definition) is 7. The molecule has 0 saturated heterocycles. The molecular weight excluding hydrogens is 412 g/mol. The Bertz CT molecular complexity index is 998. The third kappa shape index (κ3) is 5.65. The molecule has 0 bridgehead atoms. The third-order valence-electron chi connectivity index (χ3n) is 5.13. The van der Waals surface area contributed by atoms with Crippen LogP contribution in [0.2, 0.25) is 0 Å². The molecule has 8 heteroatoms. The molecule has 3 rings (SSSR count). The minimum absolute atomic E-state index is 0.0323. The van der Waals surface area contributed by atoms with Gasteiger partial charge in [-0.2, -0.15) is 0 Å². The molecule has 1 N–H and O–H groups in total. The number of thioether (sulfide) groups is 1. The molecule has 0 aliphatic rings. The molecule has 2 heterocycles. The van der Waals surface area contributed by atoms with Gasteiger partial charge in [0.1, 0.15) is 16.5 Å². The van der Waals surface area contributed by atoms with E-state index in [1.807, 2.05) is 52.2 Å². The number of aryl methyl sites for hydroxylation is 2.